The number of aliphatic hydroxyl groups is 4. The van der Waals surface area contributed by atoms with Crippen LogP contribution in [-0.4, -0.2) is 92.6 Å². The van der Waals surface area contributed by atoms with E-state index in [1.165, 1.54) is 0 Å². The van der Waals surface area contributed by atoms with Crippen LogP contribution in [0.4, 0.5) is 4.79 Å². The third kappa shape index (κ3) is 4.74. The Labute approximate surface area is 144 Å². The molecule has 0 spiro atoms. The molecule has 4 N–H and O–H groups in total. The molecule has 5 atom stereocenters. The number of rotatable bonds is 8. The van der Waals surface area contributed by atoms with Crippen LogP contribution in [0.15, 0.2) is 5.29 Å². The van der Waals surface area contributed by atoms with E-state index < -0.39 is 43.3 Å². The van der Waals surface area contributed by atoms with Gasteiger partial charge in [0.2, 0.25) is 0 Å². The Kier molecular flexibility index (Phi) is 8.81. The van der Waals surface area contributed by atoms with Crippen molar-refractivity contribution in [3.63, 3.8) is 0 Å². The highest BCUT2D eigenvalue weighted by molar-refractivity contribution is 6.18. The smallest absolute Gasteiger partial charge is 0.345 e. The van der Waals surface area contributed by atoms with Crippen molar-refractivity contribution in [2.75, 3.05) is 25.6 Å². The molecule has 1 saturated heterocycles. The zero-order valence-corrected chi connectivity index (χ0v) is 14.1. The van der Waals surface area contributed by atoms with Crippen LogP contribution in [-0.2, 0) is 4.74 Å². The van der Waals surface area contributed by atoms with Crippen LogP contribution in [0.25, 0.3) is 0 Å². The molecule has 0 aromatic rings. The largest absolute Gasteiger partial charge is 0.394 e. The number of hydrogen-bond acceptors (Lipinski definition) is 8. The first kappa shape index (κ1) is 21.0. The summed E-state index contributed by atoms with van der Waals surface area (Å²) in [6, 6.07) is -0.844. The number of nitroso groups, excluding NO2 is 1. The van der Waals surface area contributed by atoms with Gasteiger partial charge in [0, 0.05) is 12.4 Å². The lowest BCUT2D eigenvalue weighted by Gasteiger charge is -2.44. The Morgan fingerprint density at radius 3 is 2.38 bits per heavy atom. The number of alkyl halides is 1. The van der Waals surface area contributed by atoms with Gasteiger partial charge in [0.1, 0.15) is 24.4 Å². The lowest BCUT2D eigenvalue weighted by Crippen LogP contribution is -2.65. The minimum Gasteiger partial charge on any atom is -0.394 e. The summed E-state index contributed by atoms with van der Waals surface area (Å²) in [6.45, 7) is 1.25. The fourth-order valence-corrected chi connectivity index (χ4v) is 2.56. The molecular formula is C13H24ClN3O7. The average Bonchev–Trinajstić information content (AvgIpc) is 2.59. The van der Waals surface area contributed by atoms with Crippen molar-refractivity contribution < 1.29 is 30.0 Å². The molecule has 24 heavy (non-hydrogen) atoms. The van der Waals surface area contributed by atoms with E-state index in [2.05, 4.69) is 5.29 Å². The van der Waals surface area contributed by atoms with E-state index >= 15 is 0 Å². The molecule has 1 aliphatic rings. The minimum atomic E-state index is -1.62. The van der Waals surface area contributed by atoms with Gasteiger partial charge in [-0.05, 0) is 6.42 Å². The quantitative estimate of drug-likeness (QED) is 0.250. The number of ether oxygens (including phenoxy) is 1. The van der Waals surface area contributed by atoms with E-state index in [4.69, 9.17) is 16.3 Å². The van der Waals surface area contributed by atoms with Crippen molar-refractivity contribution in [1.29, 1.82) is 0 Å². The number of nitrogens with zero attached hydrogens (tertiary/aromatic N) is 3. The number of halogens is 1. The molecular weight excluding hydrogens is 346 g/mol. The van der Waals surface area contributed by atoms with Crippen molar-refractivity contribution in [2.45, 2.75) is 50.4 Å². The Morgan fingerprint density at radius 2 is 1.88 bits per heavy atom. The molecule has 1 aliphatic heterocycles. The monoisotopic (exact) mass is 369 g/mol. The van der Waals surface area contributed by atoms with Crippen LogP contribution in [0, 0.1) is 4.91 Å². The maximum Gasteiger partial charge on any atom is 0.345 e. The summed E-state index contributed by atoms with van der Waals surface area (Å²) >= 11 is 5.53. The molecule has 1 rings (SSSR count). The number of amides is 2. The normalized spacial score (nSPS) is 30.0. The van der Waals surface area contributed by atoms with Crippen LogP contribution in [0.3, 0.4) is 0 Å². The van der Waals surface area contributed by atoms with Gasteiger partial charge in [0.05, 0.1) is 18.4 Å². The van der Waals surface area contributed by atoms with Gasteiger partial charge < -0.3 is 25.2 Å². The fourth-order valence-electron chi connectivity index (χ4n) is 2.40. The fraction of sp³-hybridized carbons (Fsp3) is 0.923. The maximum absolute atomic E-state index is 12.5. The molecule has 0 aromatic heterocycles. The predicted molar refractivity (Wildman–Crippen MR) is 84.0 cm³/mol. The van der Waals surface area contributed by atoms with E-state index in [0.717, 1.165) is 4.90 Å². The second-order valence-corrected chi connectivity index (χ2v) is 5.82. The molecule has 0 radical (unpaired) electrons. The van der Waals surface area contributed by atoms with Gasteiger partial charge >= 0.3 is 6.03 Å². The molecule has 0 aliphatic carbocycles. The minimum absolute atomic E-state index is 0.0201. The van der Waals surface area contributed by atoms with Gasteiger partial charge in [-0.1, -0.05) is 13.3 Å². The van der Waals surface area contributed by atoms with E-state index in [-0.39, 0.29) is 19.0 Å². The first-order chi connectivity index (χ1) is 11.4. The lowest BCUT2D eigenvalue weighted by molar-refractivity contribution is -0.258. The number of urea groups is 1. The first-order valence-corrected chi connectivity index (χ1v) is 8.24. The topological polar surface area (TPSA) is 143 Å². The number of carbonyl (C=O) groups is 1. The predicted octanol–water partition coefficient (Wildman–Crippen LogP) is -0.769. The molecule has 10 nitrogen and oxygen atoms in total. The summed E-state index contributed by atoms with van der Waals surface area (Å²) in [6.07, 6.45) is -6.03. The first-order valence-electron chi connectivity index (χ1n) is 7.70. The second-order valence-electron chi connectivity index (χ2n) is 5.44. The van der Waals surface area contributed by atoms with Crippen LogP contribution in [0.1, 0.15) is 19.8 Å². The van der Waals surface area contributed by atoms with Crippen LogP contribution in [0.2, 0.25) is 0 Å². The van der Waals surface area contributed by atoms with Crippen molar-refractivity contribution in [3.8, 4) is 0 Å². The number of unbranched alkanes of at least 4 members (excludes halogenated alkanes) is 1. The summed E-state index contributed by atoms with van der Waals surface area (Å²) in [7, 11) is 0. The van der Waals surface area contributed by atoms with Gasteiger partial charge in [-0.15, -0.1) is 16.5 Å². The summed E-state index contributed by atoms with van der Waals surface area (Å²) < 4.78 is 5.38. The van der Waals surface area contributed by atoms with Gasteiger partial charge in [0.25, 0.3) is 0 Å². The summed E-state index contributed by atoms with van der Waals surface area (Å²) in [4.78, 5) is 24.4. The maximum atomic E-state index is 12.5. The number of carbonyl (C=O) groups excluding carboxylic acids is 1. The van der Waals surface area contributed by atoms with Gasteiger partial charge in [-0.3, -0.25) is 4.90 Å². The van der Waals surface area contributed by atoms with E-state index in [9.17, 15) is 30.1 Å². The molecule has 1 heterocycles. The second kappa shape index (κ2) is 10.1. The Bertz CT molecular complexity index is 415. The SMILES string of the molecule is CCCCN(C(=O)N(CCCl)N=O)C1O[C@H](CO)[C@H](O)[C@H](O)[C@H]1O. The Hall–Kier alpha value is -1.04. The highest BCUT2D eigenvalue weighted by atomic mass is 35.5. The third-order valence-corrected chi connectivity index (χ3v) is 3.96. The highest BCUT2D eigenvalue weighted by Gasteiger charge is 2.47. The Balaban J connectivity index is 3.04. The van der Waals surface area contributed by atoms with Crippen molar-refractivity contribution in [1.82, 2.24) is 9.91 Å². The highest BCUT2D eigenvalue weighted by Crippen LogP contribution is 2.25. The van der Waals surface area contributed by atoms with E-state index in [1.807, 2.05) is 6.92 Å². The molecule has 0 saturated carbocycles. The van der Waals surface area contributed by atoms with Gasteiger partial charge in [-0.2, -0.15) is 5.01 Å². The van der Waals surface area contributed by atoms with Gasteiger partial charge in [0.15, 0.2) is 6.23 Å². The van der Waals surface area contributed by atoms with Crippen molar-refractivity contribution in [2.24, 2.45) is 5.29 Å². The Morgan fingerprint density at radius 1 is 1.21 bits per heavy atom. The molecule has 2 amide bonds. The van der Waals surface area contributed by atoms with Crippen LogP contribution >= 0.6 is 11.6 Å². The zero-order valence-electron chi connectivity index (χ0n) is 13.4. The standard InChI is InChI=1S/C13H24ClN3O7/c1-2-3-5-16(13(22)17(15-23)6-4-14)12-11(21)10(20)9(19)8(7-18)24-12/h8-12,18-21H,2-7H2,1H3/t8-,9+,10+,11-,12?/m1/s1. The third-order valence-electron chi connectivity index (χ3n) is 3.79. The molecule has 11 heteroatoms. The molecule has 140 valence electrons. The van der Waals surface area contributed by atoms with E-state index in [0.29, 0.717) is 17.9 Å². The summed E-state index contributed by atoms with van der Waals surface area (Å²) in [5.74, 6) is -0.0201. The van der Waals surface area contributed by atoms with Crippen molar-refractivity contribution in [3.05, 3.63) is 4.91 Å². The van der Waals surface area contributed by atoms with Crippen LogP contribution in [0.5, 0.6) is 0 Å². The summed E-state index contributed by atoms with van der Waals surface area (Å²) in [5.41, 5.74) is 0. The zero-order chi connectivity index (χ0) is 18.3. The van der Waals surface area contributed by atoms with Crippen molar-refractivity contribution >= 4 is 17.6 Å². The van der Waals surface area contributed by atoms with Crippen LogP contribution < -0.4 is 0 Å². The lowest BCUT2D eigenvalue weighted by atomic mass is 9.97. The van der Waals surface area contributed by atoms with Gasteiger partial charge in [-0.25, -0.2) is 4.79 Å². The molecule has 0 bridgehead atoms. The number of hydrogen-bond donors (Lipinski definition) is 4. The number of aliphatic hydroxyl groups excluding tert-OH is 4. The molecule has 0 aromatic carbocycles. The molecule has 1 fully saturated rings. The average molecular weight is 370 g/mol. The molecule has 1 unspecified atom stereocenters. The summed E-state index contributed by atoms with van der Waals surface area (Å²) in [5, 5.41) is 42.3. The van der Waals surface area contributed by atoms with E-state index in [1.54, 1.807) is 0 Å².